The van der Waals surface area contributed by atoms with Crippen molar-refractivity contribution in [3.8, 4) is 5.75 Å². The van der Waals surface area contributed by atoms with Gasteiger partial charge in [-0.05, 0) is 29.7 Å². The first-order valence-electron chi connectivity index (χ1n) is 9.76. The number of hydrogen-bond acceptors (Lipinski definition) is 3. The number of amides is 2. The number of hydrogen-bond donors (Lipinski definition) is 1. The minimum atomic E-state index is -0.303. The van der Waals surface area contributed by atoms with Crippen LogP contribution in [0.2, 0.25) is 0 Å². The van der Waals surface area contributed by atoms with E-state index in [9.17, 15) is 9.59 Å². The summed E-state index contributed by atoms with van der Waals surface area (Å²) in [5, 5.41) is 3.04. The fraction of sp³-hybridized carbons (Fsp3) is 0.391. The molecule has 5 nitrogen and oxygen atoms in total. The highest BCUT2D eigenvalue weighted by molar-refractivity contribution is 5.95. The summed E-state index contributed by atoms with van der Waals surface area (Å²) in [5.41, 5.74) is 1.61. The Labute approximate surface area is 166 Å². The zero-order valence-electron chi connectivity index (χ0n) is 16.7. The number of nitrogens with zero attached hydrogens (tertiary/aromatic N) is 1. The van der Waals surface area contributed by atoms with E-state index in [0.717, 1.165) is 11.3 Å². The minimum absolute atomic E-state index is 0.00651. The molecule has 2 aromatic carbocycles. The molecular formula is C23H28N2O3. The first kappa shape index (κ1) is 19.9. The molecule has 2 unspecified atom stereocenters. The van der Waals surface area contributed by atoms with Crippen LogP contribution in [0.1, 0.15) is 35.7 Å². The maximum absolute atomic E-state index is 13.0. The van der Waals surface area contributed by atoms with E-state index < -0.39 is 0 Å². The number of carbonyl (C=O) groups excluding carboxylic acids is 2. The van der Waals surface area contributed by atoms with Crippen LogP contribution in [-0.4, -0.2) is 43.5 Å². The van der Waals surface area contributed by atoms with Gasteiger partial charge in [0.25, 0.3) is 5.91 Å². The lowest BCUT2D eigenvalue weighted by Gasteiger charge is -2.20. The number of likely N-dealkylation sites (tertiary alicyclic amines) is 1. The minimum Gasteiger partial charge on any atom is -0.496 e. The molecule has 1 saturated heterocycles. The molecule has 148 valence electrons. The molecule has 1 heterocycles. The van der Waals surface area contributed by atoms with Gasteiger partial charge in [-0.25, -0.2) is 0 Å². The van der Waals surface area contributed by atoms with Crippen LogP contribution in [0.5, 0.6) is 5.75 Å². The largest absolute Gasteiger partial charge is 0.496 e. The molecule has 1 N–H and O–H groups in total. The number of ether oxygens (including phenoxy) is 1. The third-order valence-electron chi connectivity index (χ3n) is 5.19. The highest BCUT2D eigenvalue weighted by Gasteiger charge is 2.41. The van der Waals surface area contributed by atoms with Crippen LogP contribution >= 0.6 is 0 Å². The van der Waals surface area contributed by atoms with Crippen LogP contribution < -0.4 is 10.1 Å². The summed E-state index contributed by atoms with van der Waals surface area (Å²) < 4.78 is 5.53. The van der Waals surface area contributed by atoms with Gasteiger partial charge >= 0.3 is 0 Å². The summed E-state index contributed by atoms with van der Waals surface area (Å²) in [5.74, 6) is 0.673. The molecule has 0 aromatic heterocycles. The lowest BCUT2D eigenvalue weighted by molar-refractivity contribution is -0.125. The molecule has 0 spiro atoms. The van der Waals surface area contributed by atoms with E-state index in [2.05, 4.69) is 19.2 Å². The molecule has 0 radical (unpaired) electrons. The van der Waals surface area contributed by atoms with Crippen molar-refractivity contribution < 1.29 is 14.3 Å². The van der Waals surface area contributed by atoms with Crippen molar-refractivity contribution in [2.45, 2.75) is 19.8 Å². The zero-order valence-corrected chi connectivity index (χ0v) is 16.7. The second-order valence-electron chi connectivity index (χ2n) is 7.67. The van der Waals surface area contributed by atoms with Gasteiger partial charge in [0.15, 0.2) is 0 Å². The maximum atomic E-state index is 13.0. The Bertz CT molecular complexity index is 820. The monoisotopic (exact) mass is 380 g/mol. The first-order chi connectivity index (χ1) is 13.5. The van der Waals surface area contributed by atoms with Gasteiger partial charge in [0.05, 0.1) is 13.0 Å². The van der Waals surface area contributed by atoms with Gasteiger partial charge in [-0.1, -0.05) is 50.2 Å². The second kappa shape index (κ2) is 8.91. The van der Waals surface area contributed by atoms with Crippen LogP contribution in [0.15, 0.2) is 54.6 Å². The summed E-state index contributed by atoms with van der Waals surface area (Å²) in [6, 6.07) is 17.0. The van der Waals surface area contributed by atoms with Crippen molar-refractivity contribution in [2.24, 2.45) is 11.8 Å². The van der Waals surface area contributed by atoms with E-state index in [4.69, 9.17) is 4.74 Å². The summed E-state index contributed by atoms with van der Waals surface area (Å²) in [7, 11) is 1.63. The van der Waals surface area contributed by atoms with Gasteiger partial charge in [-0.3, -0.25) is 9.59 Å². The van der Waals surface area contributed by atoms with Crippen molar-refractivity contribution in [3.63, 3.8) is 0 Å². The molecule has 0 bridgehead atoms. The predicted molar refractivity (Wildman–Crippen MR) is 109 cm³/mol. The quantitative estimate of drug-likeness (QED) is 0.836. The molecule has 0 saturated carbocycles. The average molecular weight is 380 g/mol. The van der Waals surface area contributed by atoms with Crippen LogP contribution in [0.4, 0.5) is 0 Å². The molecule has 3 rings (SSSR count). The standard InChI is InChI=1S/C23H28N2O3/c1-16(2)13-24-22(26)20-15-25(23(27)17-9-5-4-6-10-17)14-19(20)18-11-7-8-12-21(18)28-3/h4-12,16,19-20H,13-15H2,1-3H3,(H,24,26). The molecule has 1 fully saturated rings. The summed E-state index contributed by atoms with van der Waals surface area (Å²) in [4.78, 5) is 27.7. The fourth-order valence-electron chi connectivity index (χ4n) is 3.72. The lowest BCUT2D eigenvalue weighted by Crippen LogP contribution is -2.37. The molecule has 0 aliphatic carbocycles. The summed E-state index contributed by atoms with van der Waals surface area (Å²) in [6.07, 6.45) is 0. The Balaban J connectivity index is 1.88. The number of benzene rings is 2. The van der Waals surface area contributed by atoms with Gasteiger partial charge in [0.1, 0.15) is 5.75 Å². The smallest absolute Gasteiger partial charge is 0.253 e. The predicted octanol–water partition coefficient (Wildman–Crippen LogP) is 3.32. The van der Waals surface area contributed by atoms with E-state index in [-0.39, 0.29) is 23.7 Å². The van der Waals surface area contributed by atoms with E-state index in [1.807, 2.05) is 54.6 Å². The Morgan fingerprint density at radius 3 is 2.43 bits per heavy atom. The SMILES string of the molecule is COc1ccccc1C1CN(C(=O)c2ccccc2)CC1C(=O)NCC(C)C. The van der Waals surface area contributed by atoms with E-state index in [0.29, 0.717) is 31.1 Å². The Morgan fingerprint density at radius 2 is 1.75 bits per heavy atom. The van der Waals surface area contributed by atoms with Crippen molar-refractivity contribution >= 4 is 11.8 Å². The number of para-hydroxylation sites is 1. The molecular weight excluding hydrogens is 352 g/mol. The van der Waals surface area contributed by atoms with Crippen LogP contribution in [0.25, 0.3) is 0 Å². The molecule has 5 heteroatoms. The zero-order chi connectivity index (χ0) is 20.1. The van der Waals surface area contributed by atoms with E-state index in [1.54, 1.807) is 12.0 Å². The Morgan fingerprint density at radius 1 is 1.07 bits per heavy atom. The first-order valence-corrected chi connectivity index (χ1v) is 9.76. The number of carbonyl (C=O) groups is 2. The summed E-state index contributed by atoms with van der Waals surface area (Å²) in [6.45, 7) is 5.66. The van der Waals surface area contributed by atoms with Crippen LogP contribution in [0.3, 0.4) is 0 Å². The highest BCUT2D eigenvalue weighted by atomic mass is 16.5. The molecule has 2 amide bonds. The normalized spacial score (nSPS) is 18.9. The lowest BCUT2D eigenvalue weighted by atomic mass is 9.87. The Hall–Kier alpha value is -2.82. The summed E-state index contributed by atoms with van der Waals surface area (Å²) >= 11 is 0. The molecule has 2 atom stereocenters. The topological polar surface area (TPSA) is 58.6 Å². The van der Waals surface area contributed by atoms with E-state index in [1.165, 1.54) is 0 Å². The third-order valence-corrected chi connectivity index (χ3v) is 5.19. The third kappa shape index (κ3) is 4.35. The number of rotatable bonds is 6. The highest BCUT2D eigenvalue weighted by Crippen LogP contribution is 2.38. The van der Waals surface area contributed by atoms with Crippen molar-refractivity contribution in [3.05, 3.63) is 65.7 Å². The van der Waals surface area contributed by atoms with Crippen molar-refractivity contribution in [2.75, 3.05) is 26.7 Å². The van der Waals surface area contributed by atoms with Crippen molar-refractivity contribution in [1.82, 2.24) is 10.2 Å². The fourth-order valence-corrected chi connectivity index (χ4v) is 3.72. The molecule has 1 aliphatic heterocycles. The maximum Gasteiger partial charge on any atom is 0.253 e. The van der Waals surface area contributed by atoms with Gasteiger partial charge < -0.3 is 15.0 Å². The number of nitrogens with one attached hydrogen (secondary N) is 1. The van der Waals surface area contributed by atoms with Crippen molar-refractivity contribution in [1.29, 1.82) is 0 Å². The molecule has 1 aliphatic rings. The average Bonchev–Trinajstić information content (AvgIpc) is 3.17. The Kier molecular flexibility index (Phi) is 6.34. The molecule has 28 heavy (non-hydrogen) atoms. The number of methoxy groups -OCH3 is 1. The molecule has 2 aromatic rings. The van der Waals surface area contributed by atoms with Gasteiger partial charge in [0, 0.05) is 31.1 Å². The van der Waals surface area contributed by atoms with Crippen LogP contribution in [-0.2, 0) is 4.79 Å². The van der Waals surface area contributed by atoms with Gasteiger partial charge in [-0.15, -0.1) is 0 Å². The van der Waals surface area contributed by atoms with Gasteiger partial charge in [0.2, 0.25) is 5.91 Å². The van der Waals surface area contributed by atoms with Gasteiger partial charge in [-0.2, -0.15) is 0 Å². The van der Waals surface area contributed by atoms with Crippen LogP contribution in [0, 0.1) is 11.8 Å². The van der Waals surface area contributed by atoms with E-state index >= 15 is 0 Å². The second-order valence-corrected chi connectivity index (χ2v) is 7.67.